The second-order valence-electron chi connectivity index (χ2n) is 5.41. The predicted octanol–water partition coefficient (Wildman–Crippen LogP) is 0.0122. The molecule has 0 rings (SSSR count). The van der Waals surface area contributed by atoms with Crippen LogP contribution in [0.1, 0.15) is 20.8 Å². The summed E-state index contributed by atoms with van der Waals surface area (Å²) in [5, 5.41) is -1.34. The van der Waals surface area contributed by atoms with Crippen LogP contribution in [0.15, 0.2) is 24.3 Å². The molecule has 0 amide bonds. The second-order valence-corrected chi connectivity index (χ2v) is 7.24. The number of esters is 3. The molecule has 0 aliphatic rings. The first kappa shape index (κ1) is 26.6. The molecule has 9 nitrogen and oxygen atoms in total. The maximum atomic E-state index is 12.0. The van der Waals surface area contributed by atoms with Crippen LogP contribution >= 0.6 is 0 Å². The van der Waals surface area contributed by atoms with Gasteiger partial charge < -0.3 is 14.2 Å². The van der Waals surface area contributed by atoms with Crippen molar-refractivity contribution in [3.63, 3.8) is 0 Å². The molecule has 0 saturated heterocycles. The van der Waals surface area contributed by atoms with Gasteiger partial charge in [-0.2, -0.15) is 8.42 Å². The third-order valence-corrected chi connectivity index (χ3v) is 3.98. The quantitative estimate of drug-likeness (QED) is 0.181. The van der Waals surface area contributed by atoms with Crippen molar-refractivity contribution in [3.05, 3.63) is 24.3 Å². The van der Waals surface area contributed by atoms with E-state index in [2.05, 4.69) is 13.2 Å². The molecule has 0 bridgehead atoms. The average molecular weight is 386 g/mol. The molecule has 144 valence electrons. The molecule has 0 aliphatic carbocycles. The van der Waals surface area contributed by atoms with Gasteiger partial charge in [0.05, 0.1) is 0 Å². The van der Waals surface area contributed by atoms with Gasteiger partial charge >= 0.3 is 36.8 Å². The Hall–Kier alpha value is -1.60. The van der Waals surface area contributed by atoms with Crippen LogP contribution in [0.5, 0.6) is 0 Å². The summed E-state index contributed by atoms with van der Waals surface area (Å²) in [6, 6.07) is 0. The Morgan fingerprint density at radius 3 is 1.62 bits per heavy atom. The zero-order valence-corrected chi connectivity index (χ0v) is 15.1. The molecule has 1 unspecified atom stereocenters. The SMILES string of the molecule is C=C(C)C(=O)OCC(COC(=O)C(=C)C)C(=O)OCC(C)S(=O)(=O)O.[LiH]. The molecule has 1 N–H and O–H groups in total. The second kappa shape index (κ2) is 11.9. The molecule has 0 spiro atoms. The van der Waals surface area contributed by atoms with Gasteiger partial charge in [0.1, 0.15) is 31.0 Å². The maximum absolute atomic E-state index is 12.0. The van der Waals surface area contributed by atoms with Crippen LogP contribution in [0.2, 0.25) is 0 Å². The normalized spacial score (nSPS) is 11.7. The van der Waals surface area contributed by atoms with Gasteiger partial charge in [0.25, 0.3) is 10.1 Å². The van der Waals surface area contributed by atoms with E-state index in [1.807, 2.05) is 0 Å². The molecule has 0 heterocycles. The van der Waals surface area contributed by atoms with Gasteiger partial charge in [-0.25, -0.2) is 9.59 Å². The van der Waals surface area contributed by atoms with E-state index in [-0.39, 0.29) is 30.0 Å². The Morgan fingerprint density at radius 2 is 1.31 bits per heavy atom. The van der Waals surface area contributed by atoms with Crippen molar-refractivity contribution in [2.75, 3.05) is 19.8 Å². The summed E-state index contributed by atoms with van der Waals surface area (Å²) in [4.78, 5) is 34.8. The molecule has 0 saturated carbocycles. The number of carbonyl (C=O) groups excluding carboxylic acids is 3. The van der Waals surface area contributed by atoms with Crippen molar-refractivity contribution in [2.24, 2.45) is 5.92 Å². The van der Waals surface area contributed by atoms with Crippen LogP contribution in [0.4, 0.5) is 0 Å². The van der Waals surface area contributed by atoms with Crippen molar-refractivity contribution >= 4 is 46.9 Å². The molecule has 0 aromatic heterocycles. The molecule has 26 heavy (non-hydrogen) atoms. The Labute approximate surface area is 164 Å². The van der Waals surface area contributed by atoms with E-state index < -0.39 is 59.0 Å². The Balaban J connectivity index is 0. The molecular formula is C15H23LiO9S. The van der Waals surface area contributed by atoms with E-state index in [1.165, 1.54) is 13.8 Å². The first-order valence-electron chi connectivity index (χ1n) is 7.14. The van der Waals surface area contributed by atoms with Crippen LogP contribution in [0.3, 0.4) is 0 Å². The molecule has 0 fully saturated rings. The van der Waals surface area contributed by atoms with Gasteiger partial charge in [-0.15, -0.1) is 0 Å². The summed E-state index contributed by atoms with van der Waals surface area (Å²) in [7, 11) is -4.37. The molecule has 0 radical (unpaired) electrons. The third kappa shape index (κ3) is 10.4. The molecule has 0 aliphatic heterocycles. The summed E-state index contributed by atoms with van der Waals surface area (Å²) >= 11 is 0. The Kier molecular flexibility index (Phi) is 12.2. The van der Waals surface area contributed by atoms with Gasteiger partial charge in [0.15, 0.2) is 0 Å². The monoisotopic (exact) mass is 386 g/mol. The summed E-state index contributed by atoms with van der Waals surface area (Å²) in [5.74, 6) is -3.65. The fourth-order valence-electron chi connectivity index (χ4n) is 1.19. The van der Waals surface area contributed by atoms with E-state index >= 15 is 0 Å². The van der Waals surface area contributed by atoms with E-state index in [4.69, 9.17) is 18.8 Å². The topological polar surface area (TPSA) is 133 Å². The average Bonchev–Trinajstić information content (AvgIpc) is 2.50. The summed E-state index contributed by atoms with van der Waals surface area (Å²) in [5.41, 5.74) is 0.206. The van der Waals surface area contributed by atoms with E-state index in [1.54, 1.807) is 0 Å². The minimum atomic E-state index is -4.37. The van der Waals surface area contributed by atoms with Crippen molar-refractivity contribution < 1.29 is 41.6 Å². The first-order chi connectivity index (χ1) is 11.4. The number of hydrogen-bond donors (Lipinski definition) is 1. The summed E-state index contributed by atoms with van der Waals surface area (Å²) < 4.78 is 45.1. The van der Waals surface area contributed by atoms with Crippen LogP contribution < -0.4 is 0 Å². The molecule has 0 aromatic rings. The van der Waals surface area contributed by atoms with Gasteiger partial charge in [0, 0.05) is 11.1 Å². The van der Waals surface area contributed by atoms with Crippen LogP contribution in [0, 0.1) is 5.92 Å². The third-order valence-electron chi connectivity index (χ3n) is 2.83. The first-order valence-corrected chi connectivity index (χ1v) is 8.64. The van der Waals surface area contributed by atoms with Gasteiger partial charge in [0.2, 0.25) is 0 Å². The summed E-state index contributed by atoms with van der Waals surface area (Å²) in [6.07, 6.45) is 0. The fourth-order valence-corrected chi connectivity index (χ4v) is 1.43. The fraction of sp³-hybridized carbons (Fsp3) is 0.533. The van der Waals surface area contributed by atoms with E-state index in [0.29, 0.717) is 0 Å². The van der Waals surface area contributed by atoms with Crippen molar-refractivity contribution in [1.29, 1.82) is 0 Å². The number of rotatable bonds is 10. The van der Waals surface area contributed by atoms with Crippen molar-refractivity contribution in [3.8, 4) is 0 Å². The Bertz CT molecular complexity index is 624. The van der Waals surface area contributed by atoms with Crippen LogP contribution in [0.25, 0.3) is 0 Å². The molecule has 1 atom stereocenters. The van der Waals surface area contributed by atoms with Gasteiger partial charge in [-0.1, -0.05) is 13.2 Å². The van der Waals surface area contributed by atoms with Crippen LogP contribution in [-0.4, -0.2) is 74.8 Å². The molecule has 11 heteroatoms. The van der Waals surface area contributed by atoms with Gasteiger partial charge in [-0.3, -0.25) is 9.35 Å². The minimum absolute atomic E-state index is 0. The number of ether oxygens (including phenoxy) is 3. The number of hydrogen-bond acceptors (Lipinski definition) is 8. The molecular weight excluding hydrogens is 363 g/mol. The predicted molar refractivity (Wildman–Crippen MR) is 94.2 cm³/mol. The summed E-state index contributed by atoms with van der Waals surface area (Å²) in [6.45, 7) is 9.17. The van der Waals surface area contributed by atoms with E-state index in [0.717, 1.165) is 6.92 Å². The van der Waals surface area contributed by atoms with Crippen molar-refractivity contribution in [2.45, 2.75) is 26.0 Å². The van der Waals surface area contributed by atoms with Gasteiger partial charge in [-0.05, 0) is 20.8 Å². The number of carbonyl (C=O) groups is 3. The molecule has 0 aromatic carbocycles. The van der Waals surface area contributed by atoms with Crippen LogP contribution in [-0.2, 0) is 38.7 Å². The zero-order valence-electron chi connectivity index (χ0n) is 14.3. The zero-order chi connectivity index (χ0) is 19.8. The van der Waals surface area contributed by atoms with Crippen molar-refractivity contribution in [1.82, 2.24) is 0 Å². The van der Waals surface area contributed by atoms with E-state index in [9.17, 15) is 22.8 Å². The Morgan fingerprint density at radius 1 is 0.923 bits per heavy atom. The standard InChI is InChI=1S/C15H22O9S.Li.H/c1-9(2)13(16)23-7-12(8-24-14(17)10(3)4)15(18)22-6-11(5)25(19,20)21;;/h11-12H,1,3,6-8H2,2,4-5H3,(H,19,20,21);;.